The average Bonchev–Trinajstić information content (AvgIpc) is 3.71. The first-order chi connectivity index (χ1) is 24.6. The van der Waals surface area contributed by atoms with Crippen LogP contribution in [0.3, 0.4) is 0 Å². The molecule has 9 rings (SSSR count). The molecular formula is C45H33N4PtS-. The molecule has 0 saturated carbocycles. The van der Waals surface area contributed by atoms with E-state index in [0.29, 0.717) is 5.92 Å². The van der Waals surface area contributed by atoms with Gasteiger partial charge >= 0.3 is 0 Å². The molecule has 0 aliphatic rings. The number of imidazole rings is 1. The van der Waals surface area contributed by atoms with Crippen LogP contribution in [-0.2, 0) is 21.1 Å². The molecule has 0 N–H and O–H groups in total. The number of nitrogens with zero attached hydrogens (tertiary/aromatic N) is 4. The Labute approximate surface area is 316 Å². The fourth-order valence-corrected chi connectivity index (χ4v) is 7.82. The van der Waals surface area contributed by atoms with E-state index in [4.69, 9.17) is 4.98 Å². The number of para-hydroxylation sites is 4. The van der Waals surface area contributed by atoms with E-state index in [2.05, 4.69) is 186 Å². The zero-order valence-corrected chi connectivity index (χ0v) is 31.2. The van der Waals surface area contributed by atoms with Gasteiger partial charge in [-0.3, -0.25) is 0 Å². The number of hydrogen-bond acceptors (Lipinski definition) is 2. The predicted octanol–water partition coefficient (Wildman–Crippen LogP) is 11.7. The van der Waals surface area contributed by atoms with E-state index >= 15 is 0 Å². The van der Waals surface area contributed by atoms with E-state index in [-0.39, 0.29) is 21.1 Å². The summed E-state index contributed by atoms with van der Waals surface area (Å²) in [5.41, 5.74) is 10.2. The number of aromatic nitrogens is 4. The van der Waals surface area contributed by atoms with Gasteiger partial charge in [-0.05, 0) is 58.3 Å². The molecule has 6 heteroatoms. The van der Waals surface area contributed by atoms with E-state index in [0.717, 1.165) is 60.0 Å². The van der Waals surface area contributed by atoms with Crippen LogP contribution in [0.15, 0.2) is 168 Å². The summed E-state index contributed by atoms with van der Waals surface area (Å²) in [6.45, 7) is 4.49. The van der Waals surface area contributed by atoms with Crippen LogP contribution >= 0.6 is 11.8 Å². The SMILES string of the molecule is CC(C)c1ccccc1-c1ccnc(-n2c3[c-]c(Sc4[c-]c(-n5[cH+]n(-c6ccccc6)c6ccccc65)ccc4)ccc3c3ccccc32)c1.[Pt]. The molecule has 51 heavy (non-hydrogen) atoms. The molecule has 0 saturated heterocycles. The number of fused-ring (bicyclic) bond motifs is 4. The molecule has 0 atom stereocenters. The summed E-state index contributed by atoms with van der Waals surface area (Å²) >= 11 is 1.67. The average molecular weight is 857 g/mol. The summed E-state index contributed by atoms with van der Waals surface area (Å²) in [6.07, 6.45) is 4.07. The molecule has 6 aromatic carbocycles. The third kappa shape index (κ3) is 6.01. The zero-order chi connectivity index (χ0) is 33.6. The van der Waals surface area contributed by atoms with Crippen LogP contribution in [-0.4, -0.2) is 18.7 Å². The van der Waals surface area contributed by atoms with Gasteiger partial charge in [0.25, 0.3) is 0 Å². The molecule has 0 amide bonds. The molecule has 0 radical (unpaired) electrons. The Morgan fingerprint density at radius 1 is 0.627 bits per heavy atom. The fourth-order valence-electron chi connectivity index (χ4n) is 7.00. The van der Waals surface area contributed by atoms with Gasteiger partial charge < -0.3 is 4.57 Å². The van der Waals surface area contributed by atoms with Gasteiger partial charge in [-0.25, -0.2) is 9.55 Å². The Kier molecular flexibility index (Phi) is 8.93. The second-order valence-corrected chi connectivity index (χ2v) is 13.8. The standard InChI is InChI=1S/C45H33N4S.Pt/c1-31(2)37-17-6-7-18-38(37)32-25-26-46-45(27-32)49-41-20-9-8-19-39(41)40-24-23-36(29-44(40)49)50-35-16-12-15-34(28-35)48-30-47(33-13-4-3-5-14-33)42-21-10-11-22-43(42)48;/h3-27,30-31H,1-2H3;/q-1;. The van der Waals surface area contributed by atoms with Crippen molar-refractivity contribution in [2.75, 3.05) is 0 Å². The van der Waals surface area contributed by atoms with Gasteiger partial charge in [0.05, 0.1) is 0 Å². The first-order valence-electron chi connectivity index (χ1n) is 16.9. The topological polar surface area (TPSA) is 27.7 Å². The Balaban J connectivity index is 0.00000374. The van der Waals surface area contributed by atoms with Gasteiger partial charge in [0.1, 0.15) is 11.5 Å². The Morgan fingerprint density at radius 3 is 2.16 bits per heavy atom. The van der Waals surface area contributed by atoms with Gasteiger partial charge in [0, 0.05) is 50.6 Å². The second kappa shape index (κ2) is 13.8. The van der Waals surface area contributed by atoms with Gasteiger partial charge in [-0.15, -0.1) is 40.2 Å². The van der Waals surface area contributed by atoms with Crippen molar-refractivity contribution in [3.05, 3.63) is 176 Å². The maximum absolute atomic E-state index is 4.91. The monoisotopic (exact) mass is 856 g/mol. The van der Waals surface area contributed by atoms with E-state index in [1.807, 2.05) is 12.3 Å². The molecule has 0 aliphatic heterocycles. The van der Waals surface area contributed by atoms with Gasteiger partial charge in [-0.2, -0.15) is 28.8 Å². The molecule has 0 fully saturated rings. The van der Waals surface area contributed by atoms with Gasteiger partial charge in [0.2, 0.25) is 0 Å². The van der Waals surface area contributed by atoms with E-state index < -0.39 is 0 Å². The van der Waals surface area contributed by atoms with Crippen LogP contribution in [0.25, 0.3) is 61.2 Å². The molecule has 0 unspecified atom stereocenters. The van der Waals surface area contributed by atoms with Crippen LogP contribution in [0.4, 0.5) is 0 Å². The summed E-state index contributed by atoms with van der Waals surface area (Å²) < 4.78 is 6.70. The van der Waals surface area contributed by atoms with Crippen LogP contribution < -0.4 is 0 Å². The largest absolute Gasteiger partial charge is 0.319 e. The van der Waals surface area contributed by atoms with Gasteiger partial charge in [0.15, 0.2) is 17.4 Å². The summed E-state index contributed by atoms with van der Waals surface area (Å²) in [5, 5.41) is 2.34. The molecule has 0 bridgehead atoms. The zero-order valence-electron chi connectivity index (χ0n) is 28.1. The fraction of sp³-hybridized carbons (Fsp3) is 0.0667. The molecule has 0 aliphatic carbocycles. The molecule has 3 heterocycles. The quantitative estimate of drug-likeness (QED) is 0.149. The number of rotatable bonds is 7. The third-order valence-corrected chi connectivity index (χ3v) is 10.2. The van der Waals surface area contributed by atoms with Crippen LogP contribution in [0.1, 0.15) is 25.3 Å². The predicted molar refractivity (Wildman–Crippen MR) is 207 cm³/mol. The van der Waals surface area contributed by atoms with Crippen LogP contribution in [0, 0.1) is 12.1 Å². The summed E-state index contributed by atoms with van der Waals surface area (Å²) in [5.74, 6) is 1.30. The van der Waals surface area contributed by atoms with Crippen LogP contribution in [0.5, 0.6) is 0 Å². The Bertz CT molecular complexity index is 2670. The molecule has 3 aromatic heterocycles. The van der Waals surface area contributed by atoms with Crippen molar-refractivity contribution in [2.45, 2.75) is 29.6 Å². The molecule has 0 spiro atoms. The molecule has 4 nitrogen and oxygen atoms in total. The Morgan fingerprint density at radius 2 is 1.33 bits per heavy atom. The second-order valence-electron chi connectivity index (χ2n) is 12.8. The maximum Gasteiger partial charge on any atom is 0.168 e. The van der Waals surface area contributed by atoms with Gasteiger partial charge in [-0.1, -0.05) is 97.1 Å². The van der Waals surface area contributed by atoms with Crippen molar-refractivity contribution in [1.29, 1.82) is 0 Å². The normalized spacial score (nSPS) is 11.4. The van der Waals surface area contributed by atoms with Crippen molar-refractivity contribution in [3.8, 4) is 28.3 Å². The minimum atomic E-state index is 0. The molecule has 250 valence electrons. The molecule has 9 aromatic rings. The smallest absolute Gasteiger partial charge is 0.168 e. The van der Waals surface area contributed by atoms with Crippen molar-refractivity contribution < 1.29 is 21.1 Å². The number of benzene rings is 6. The molecular weight excluding hydrogens is 824 g/mol. The van der Waals surface area contributed by atoms with Crippen LogP contribution in [0.2, 0.25) is 0 Å². The first kappa shape index (κ1) is 33.0. The Hall–Kier alpha value is -5.22. The summed E-state index contributed by atoms with van der Waals surface area (Å²) in [7, 11) is 0. The van der Waals surface area contributed by atoms with Crippen molar-refractivity contribution >= 4 is 44.6 Å². The van der Waals surface area contributed by atoms with Crippen molar-refractivity contribution in [1.82, 2.24) is 18.7 Å². The van der Waals surface area contributed by atoms with Crippen molar-refractivity contribution in [3.63, 3.8) is 0 Å². The number of hydrogen-bond donors (Lipinski definition) is 0. The minimum Gasteiger partial charge on any atom is -0.319 e. The third-order valence-electron chi connectivity index (χ3n) is 9.32. The minimum absolute atomic E-state index is 0. The first-order valence-corrected chi connectivity index (χ1v) is 17.7. The maximum atomic E-state index is 4.91. The van der Waals surface area contributed by atoms with Crippen molar-refractivity contribution in [2.24, 2.45) is 0 Å². The van der Waals surface area contributed by atoms with E-state index in [1.165, 1.54) is 16.5 Å². The van der Waals surface area contributed by atoms with E-state index in [9.17, 15) is 0 Å². The van der Waals surface area contributed by atoms with E-state index in [1.54, 1.807) is 11.8 Å². The summed E-state index contributed by atoms with van der Waals surface area (Å²) in [4.78, 5) is 6.96. The summed E-state index contributed by atoms with van der Waals surface area (Å²) in [6, 6.07) is 58.7. The number of pyridine rings is 1.